The van der Waals surface area contributed by atoms with E-state index in [1.54, 1.807) is 0 Å². The van der Waals surface area contributed by atoms with Crippen LogP contribution in [0.3, 0.4) is 0 Å². The molecule has 2 saturated heterocycles. The van der Waals surface area contributed by atoms with Crippen molar-refractivity contribution in [3.05, 3.63) is 42.7 Å². The number of amides is 1. The molecular formula is C21H25N7Na4O17P3+. The van der Waals surface area contributed by atoms with Crippen LogP contribution < -0.4 is 154 Å². The van der Waals surface area contributed by atoms with Gasteiger partial charge < -0.3 is 74.0 Å². The van der Waals surface area contributed by atoms with Gasteiger partial charge in [-0.2, -0.15) is 4.57 Å². The van der Waals surface area contributed by atoms with Gasteiger partial charge in [-0.1, -0.05) is 0 Å². The summed E-state index contributed by atoms with van der Waals surface area (Å²) in [4.78, 5) is 70.6. The zero-order valence-corrected chi connectivity index (χ0v) is 38.5. The third-order valence-corrected chi connectivity index (χ3v) is 9.99. The van der Waals surface area contributed by atoms with Crippen molar-refractivity contribution in [3.63, 3.8) is 0 Å². The van der Waals surface area contributed by atoms with Gasteiger partial charge in [0.2, 0.25) is 0 Å². The molecule has 264 valence electrons. The van der Waals surface area contributed by atoms with Gasteiger partial charge in [-0.3, -0.25) is 18.5 Å². The van der Waals surface area contributed by atoms with Crippen LogP contribution in [0.15, 0.2) is 37.2 Å². The molecule has 2 aliphatic rings. The van der Waals surface area contributed by atoms with Crippen LogP contribution in [0, 0.1) is 0 Å². The van der Waals surface area contributed by atoms with Gasteiger partial charge in [0, 0.05) is 6.07 Å². The molecule has 52 heavy (non-hydrogen) atoms. The number of aliphatic hydroxyl groups is 3. The number of phosphoric acid groups is 3. The molecule has 0 aromatic carbocycles. The predicted octanol–water partition coefficient (Wildman–Crippen LogP) is -17.4. The first-order valence-corrected chi connectivity index (χ1v) is 17.7. The monoisotopic (exact) mass is 832 g/mol. The summed E-state index contributed by atoms with van der Waals surface area (Å²) >= 11 is 0. The molecule has 2 aliphatic heterocycles. The molecule has 3 aromatic rings. The minimum Gasteiger partial charge on any atom is -0.790 e. The Bertz CT molecular complexity index is 1830. The zero-order valence-electron chi connectivity index (χ0n) is 27.8. The number of rotatable bonds is 13. The van der Waals surface area contributed by atoms with Crippen molar-refractivity contribution in [2.75, 3.05) is 18.9 Å². The number of anilines is 1. The maximum absolute atomic E-state index is 12.4. The SMILES string of the molecule is NC(=O)c1ccc[n+](C2OC(COP(=O)([O-])OP(=O)([O-])OCC3OC(n4cnc5c(N)ncnc54)C(OP(=O)([O-])[O-])C3O)C(O)C2O)c1.[Na+].[Na+].[Na+].[Na+]. The molecule has 0 saturated carbocycles. The van der Waals surface area contributed by atoms with Crippen LogP contribution in [0.2, 0.25) is 0 Å². The molecule has 3 aromatic heterocycles. The van der Waals surface area contributed by atoms with E-state index in [-0.39, 0.29) is 141 Å². The molecule has 5 rings (SSSR count). The molecule has 10 atom stereocenters. The summed E-state index contributed by atoms with van der Waals surface area (Å²) in [6.07, 6.45) is -9.25. The molecule has 0 spiro atoms. The smallest absolute Gasteiger partial charge is 0.790 e. The maximum Gasteiger partial charge on any atom is 1.00 e. The van der Waals surface area contributed by atoms with Gasteiger partial charge in [0.25, 0.3) is 27.8 Å². The van der Waals surface area contributed by atoms with Gasteiger partial charge in [0.15, 0.2) is 36.2 Å². The topological polar surface area (TPSA) is 376 Å². The van der Waals surface area contributed by atoms with E-state index >= 15 is 0 Å². The van der Waals surface area contributed by atoms with Gasteiger partial charge in [-0.15, -0.1) is 0 Å². The molecule has 0 aliphatic carbocycles. The average Bonchev–Trinajstić information content (AvgIpc) is 3.64. The van der Waals surface area contributed by atoms with E-state index in [1.807, 2.05) is 0 Å². The van der Waals surface area contributed by atoms with Crippen molar-refractivity contribution in [2.24, 2.45) is 5.73 Å². The van der Waals surface area contributed by atoms with Gasteiger partial charge in [-0.25, -0.2) is 19.3 Å². The summed E-state index contributed by atoms with van der Waals surface area (Å²) in [5, 5.41) is 31.4. The molecule has 31 heteroatoms. The first-order valence-electron chi connectivity index (χ1n) is 13.3. The van der Waals surface area contributed by atoms with Crippen molar-refractivity contribution in [2.45, 2.75) is 49.1 Å². The molecule has 0 bridgehead atoms. The number of ether oxygens (including phenoxy) is 2. The molecule has 7 N–H and O–H groups in total. The minimum absolute atomic E-state index is 0. The number of imidazole rings is 1. The van der Waals surface area contributed by atoms with Crippen molar-refractivity contribution in [1.29, 1.82) is 0 Å². The third-order valence-electron chi connectivity index (χ3n) is 6.96. The predicted molar refractivity (Wildman–Crippen MR) is 141 cm³/mol. The Morgan fingerprint density at radius 2 is 1.52 bits per heavy atom. The number of pyridine rings is 1. The van der Waals surface area contributed by atoms with E-state index < -0.39 is 91.7 Å². The fourth-order valence-corrected chi connectivity index (χ4v) is 7.35. The summed E-state index contributed by atoms with van der Waals surface area (Å²) in [5.74, 6) is -0.906. The number of phosphoric ester groups is 3. The van der Waals surface area contributed by atoms with Crippen LogP contribution in [0.25, 0.3) is 11.2 Å². The summed E-state index contributed by atoms with van der Waals surface area (Å²) < 4.78 is 66.7. The second-order valence-corrected chi connectivity index (χ2v) is 14.2. The number of nitrogens with zero attached hydrogens (tertiary/aromatic N) is 5. The maximum atomic E-state index is 12.4. The van der Waals surface area contributed by atoms with Crippen molar-refractivity contribution in [3.8, 4) is 0 Å². The van der Waals surface area contributed by atoms with Crippen LogP contribution in [-0.4, -0.2) is 90.6 Å². The zero-order chi connectivity index (χ0) is 35.2. The van der Waals surface area contributed by atoms with Gasteiger partial charge >= 0.3 is 118 Å². The fraction of sp³-hybridized carbons (Fsp3) is 0.476. The van der Waals surface area contributed by atoms with Crippen LogP contribution in [0.4, 0.5) is 5.82 Å². The molecule has 24 nitrogen and oxygen atoms in total. The normalized spacial score (nSPS) is 28.0. The van der Waals surface area contributed by atoms with Gasteiger partial charge in [0.1, 0.15) is 47.9 Å². The molecule has 10 unspecified atom stereocenters. The summed E-state index contributed by atoms with van der Waals surface area (Å²) in [5.41, 5.74) is 10.9. The standard InChI is InChI=1S/C21H28N7O17P3.4Na/c22-17-12-19(25-7-24-17)28(8-26-12)21-16(44-46(33,34)35)14(30)11(43-21)6-41-48(38,39)45-47(36,37)40-5-10-13(29)15(31)20(42-10)27-3-1-2-9(4-27)18(23)32;;;;/h1-4,7-8,10-11,13-16,20-21,29-31H,5-6H2,(H7-,22,23,24,25,32,33,34,35,36,37,38,39);;;;/q;4*+1/p-3. The molecular weight excluding hydrogens is 807 g/mol. The Hall–Kier alpha value is 1.14. The van der Waals surface area contributed by atoms with E-state index in [4.69, 9.17) is 20.9 Å². The van der Waals surface area contributed by atoms with Crippen LogP contribution in [0.5, 0.6) is 0 Å². The van der Waals surface area contributed by atoms with E-state index in [0.29, 0.717) is 0 Å². The van der Waals surface area contributed by atoms with E-state index in [9.17, 15) is 53.4 Å². The van der Waals surface area contributed by atoms with Crippen LogP contribution in [0.1, 0.15) is 22.8 Å². The summed E-state index contributed by atoms with van der Waals surface area (Å²) in [6, 6.07) is 2.75. The van der Waals surface area contributed by atoms with Crippen molar-refractivity contribution in [1.82, 2.24) is 19.5 Å². The average molecular weight is 832 g/mol. The van der Waals surface area contributed by atoms with Crippen LogP contribution >= 0.6 is 23.5 Å². The van der Waals surface area contributed by atoms with Crippen molar-refractivity contribution >= 4 is 46.4 Å². The van der Waals surface area contributed by atoms with E-state index in [2.05, 4.69) is 32.8 Å². The number of fused-ring (bicyclic) bond motifs is 1. The fourth-order valence-electron chi connectivity index (χ4n) is 4.81. The number of primary amides is 1. The number of nitrogen functional groups attached to an aromatic ring is 1. The second kappa shape index (κ2) is 20.7. The Balaban J connectivity index is 0.00000338. The summed E-state index contributed by atoms with van der Waals surface area (Å²) in [7, 11) is -17.5. The van der Waals surface area contributed by atoms with Gasteiger partial charge in [-0.05, 0) is 6.07 Å². The number of hydrogen-bond donors (Lipinski definition) is 5. The Morgan fingerprint density at radius 1 is 0.923 bits per heavy atom. The molecule has 1 amide bonds. The second-order valence-electron chi connectivity index (χ2n) is 10.2. The van der Waals surface area contributed by atoms with Crippen LogP contribution in [-0.2, 0) is 41.1 Å². The van der Waals surface area contributed by atoms with Gasteiger partial charge in [0.05, 0.1) is 27.4 Å². The number of carbonyl (C=O) groups is 1. The number of aliphatic hydroxyl groups excluding tert-OH is 3. The van der Waals surface area contributed by atoms with E-state index in [1.165, 1.54) is 29.1 Å². The number of nitrogens with two attached hydrogens (primary N) is 2. The summed E-state index contributed by atoms with van der Waals surface area (Å²) in [6.45, 7) is -2.27. The first kappa shape index (κ1) is 51.2. The van der Waals surface area contributed by atoms with Crippen molar-refractivity contribution < 1.29 is 204 Å². The quantitative estimate of drug-likeness (QED) is 0.0606. The number of hydrogen-bond acceptors (Lipinski definition) is 21. The molecule has 5 heterocycles. The first-order chi connectivity index (χ1) is 22.4. The largest absolute Gasteiger partial charge is 1.00 e. The van der Waals surface area contributed by atoms with E-state index in [0.717, 1.165) is 17.2 Å². The number of aromatic nitrogens is 5. The number of carbonyl (C=O) groups excluding carboxylic acids is 1. The Kier molecular flexibility index (Phi) is 20.4. The Morgan fingerprint density at radius 3 is 2.10 bits per heavy atom. The molecule has 2 fully saturated rings. The Labute approximate surface area is 381 Å². The third kappa shape index (κ3) is 12.6. The molecule has 0 radical (unpaired) electrons. The minimum atomic E-state index is -5.86.